The summed E-state index contributed by atoms with van der Waals surface area (Å²) in [6.07, 6.45) is 2.09. The van der Waals surface area contributed by atoms with E-state index in [2.05, 4.69) is 21.2 Å². The highest BCUT2D eigenvalue weighted by molar-refractivity contribution is 9.10. The fourth-order valence-corrected chi connectivity index (χ4v) is 2.85. The summed E-state index contributed by atoms with van der Waals surface area (Å²) in [6.45, 7) is 2.71. The Morgan fingerprint density at radius 2 is 2.28 bits per heavy atom. The fourth-order valence-electron chi connectivity index (χ4n) is 1.99. The Morgan fingerprint density at radius 1 is 1.56 bits per heavy atom. The van der Waals surface area contributed by atoms with Gasteiger partial charge in [-0.15, -0.1) is 0 Å². The minimum Gasteiger partial charge on any atom is -0.378 e. The second kappa shape index (κ2) is 6.04. The van der Waals surface area contributed by atoms with Gasteiger partial charge in [-0.1, -0.05) is 11.6 Å². The minimum absolute atomic E-state index is 0.0708. The van der Waals surface area contributed by atoms with E-state index >= 15 is 0 Å². The van der Waals surface area contributed by atoms with Crippen LogP contribution in [0.25, 0.3) is 0 Å². The molecular formula is C13H15BrClNO2. The van der Waals surface area contributed by atoms with Crippen LogP contribution >= 0.6 is 27.5 Å². The van der Waals surface area contributed by atoms with E-state index in [1.54, 1.807) is 18.2 Å². The first-order chi connectivity index (χ1) is 8.60. The molecule has 0 radical (unpaired) electrons. The van der Waals surface area contributed by atoms with Gasteiger partial charge < -0.3 is 10.1 Å². The maximum absolute atomic E-state index is 12.0. The van der Waals surface area contributed by atoms with E-state index in [-0.39, 0.29) is 11.9 Å². The lowest BCUT2D eigenvalue weighted by molar-refractivity contribution is -0.00863. The van der Waals surface area contributed by atoms with E-state index in [0.29, 0.717) is 21.2 Å². The molecule has 1 aliphatic carbocycles. The van der Waals surface area contributed by atoms with Gasteiger partial charge in [0.1, 0.15) is 0 Å². The van der Waals surface area contributed by atoms with Crippen molar-refractivity contribution in [2.45, 2.75) is 31.9 Å². The summed E-state index contributed by atoms with van der Waals surface area (Å²) in [5.74, 6) is -0.0708. The summed E-state index contributed by atoms with van der Waals surface area (Å²) in [7, 11) is 0. The van der Waals surface area contributed by atoms with Crippen molar-refractivity contribution in [1.29, 1.82) is 0 Å². The molecule has 1 aromatic rings. The maximum Gasteiger partial charge on any atom is 0.252 e. The van der Waals surface area contributed by atoms with Crippen LogP contribution in [0.4, 0.5) is 0 Å². The molecule has 0 aromatic heterocycles. The molecule has 1 amide bonds. The van der Waals surface area contributed by atoms with E-state index in [9.17, 15) is 4.79 Å². The Kier molecular flexibility index (Phi) is 4.65. The molecule has 0 heterocycles. The molecule has 2 rings (SSSR count). The number of hydrogen-bond donors (Lipinski definition) is 1. The van der Waals surface area contributed by atoms with Crippen LogP contribution in [-0.4, -0.2) is 24.7 Å². The molecule has 0 spiro atoms. The molecule has 1 fully saturated rings. The molecule has 1 N–H and O–H groups in total. The number of nitrogens with one attached hydrogen (secondary N) is 1. The minimum atomic E-state index is -0.0708. The number of benzene rings is 1. The quantitative estimate of drug-likeness (QED) is 0.917. The average Bonchev–Trinajstić information content (AvgIpc) is 2.26. The zero-order valence-corrected chi connectivity index (χ0v) is 12.4. The van der Waals surface area contributed by atoms with Crippen molar-refractivity contribution in [3.8, 4) is 0 Å². The van der Waals surface area contributed by atoms with Crippen LogP contribution in [0.1, 0.15) is 30.1 Å². The van der Waals surface area contributed by atoms with Gasteiger partial charge in [0.2, 0.25) is 0 Å². The van der Waals surface area contributed by atoms with Gasteiger partial charge in [-0.3, -0.25) is 4.79 Å². The standard InChI is InChI=1S/C13H15BrClNO2/c1-2-18-10-6-9(7-10)16-13(17)11-4-3-8(15)5-12(11)14/h3-5,9-10H,2,6-7H2,1H3,(H,16,17). The number of amides is 1. The molecule has 0 aliphatic heterocycles. The van der Waals surface area contributed by atoms with Crippen LogP contribution in [0.2, 0.25) is 5.02 Å². The first-order valence-corrected chi connectivity index (χ1v) is 7.14. The highest BCUT2D eigenvalue weighted by Crippen LogP contribution is 2.25. The van der Waals surface area contributed by atoms with Crippen molar-refractivity contribution in [2.75, 3.05) is 6.61 Å². The lowest BCUT2D eigenvalue weighted by Gasteiger charge is -2.35. The molecule has 0 saturated heterocycles. The van der Waals surface area contributed by atoms with Crippen molar-refractivity contribution in [3.05, 3.63) is 33.3 Å². The van der Waals surface area contributed by atoms with Crippen molar-refractivity contribution < 1.29 is 9.53 Å². The summed E-state index contributed by atoms with van der Waals surface area (Å²) in [6, 6.07) is 5.38. The number of ether oxygens (including phenoxy) is 1. The van der Waals surface area contributed by atoms with Crippen LogP contribution in [0, 0.1) is 0 Å². The number of hydrogen-bond acceptors (Lipinski definition) is 2. The molecular weight excluding hydrogens is 318 g/mol. The van der Waals surface area contributed by atoms with Crippen LogP contribution in [0.15, 0.2) is 22.7 Å². The van der Waals surface area contributed by atoms with Gasteiger partial charge >= 0.3 is 0 Å². The number of carbonyl (C=O) groups is 1. The Bertz CT molecular complexity index is 447. The number of carbonyl (C=O) groups excluding carboxylic acids is 1. The summed E-state index contributed by atoms with van der Waals surface area (Å²) in [5, 5.41) is 3.60. The zero-order chi connectivity index (χ0) is 13.1. The maximum atomic E-state index is 12.0. The van der Waals surface area contributed by atoms with Gasteiger partial charge in [0, 0.05) is 22.1 Å². The molecule has 1 saturated carbocycles. The predicted octanol–water partition coefficient (Wildman–Crippen LogP) is 3.40. The third-order valence-corrected chi connectivity index (χ3v) is 3.90. The summed E-state index contributed by atoms with van der Waals surface area (Å²) >= 11 is 9.19. The van der Waals surface area contributed by atoms with Crippen LogP contribution < -0.4 is 5.32 Å². The van der Waals surface area contributed by atoms with Crippen LogP contribution in [0.3, 0.4) is 0 Å². The highest BCUT2D eigenvalue weighted by atomic mass is 79.9. The SMILES string of the molecule is CCOC1CC(NC(=O)c2ccc(Cl)cc2Br)C1. The lowest BCUT2D eigenvalue weighted by atomic mass is 9.89. The van der Waals surface area contributed by atoms with Crippen LogP contribution in [-0.2, 0) is 4.74 Å². The van der Waals surface area contributed by atoms with Crippen molar-refractivity contribution >= 4 is 33.4 Å². The first kappa shape index (κ1) is 13.8. The Hall–Kier alpha value is -0.580. The van der Waals surface area contributed by atoms with Gasteiger partial charge in [0.15, 0.2) is 0 Å². The Morgan fingerprint density at radius 3 is 2.89 bits per heavy atom. The van der Waals surface area contributed by atoms with E-state index in [0.717, 1.165) is 19.4 Å². The number of rotatable bonds is 4. The largest absolute Gasteiger partial charge is 0.378 e. The smallest absolute Gasteiger partial charge is 0.252 e. The predicted molar refractivity (Wildman–Crippen MR) is 75.1 cm³/mol. The number of halogens is 2. The molecule has 5 heteroatoms. The average molecular weight is 333 g/mol. The van der Waals surface area contributed by atoms with Crippen molar-refractivity contribution in [1.82, 2.24) is 5.32 Å². The molecule has 3 nitrogen and oxygen atoms in total. The summed E-state index contributed by atoms with van der Waals surface area (Å²) in [4.78, 5) is 12.0. The normalized spacial score (nSPS) is 22.4. The van der Waals surface area contributed by atoms with Crippen molar-refractivity contribution in [2.24, 2.45) is 0 Å². The van der Waals surface area contributed by atoms with Gasteiger partial charge in [-0.2, -0.15) is 0 Å². The molecule has 1 aliphatic rings. The second-order valence-electron chi connectivity index (χ2n) is 4.34. The summed E-state index contributed by atoms with van der Waals surface area (Å²) < 4.78 is 6.17. The van der Waals surface area contributed by atoms with Gasteiger partial charge in [-0.05, 0) is 53.9 Å². The van der Waals surface area contributed by atoms with Gasteiger partial charge in [0.25, 0.3) is 5.91 Å². The van der Waals surface area contributed by atoms with Crippen molar-refractivity contribution in [3.63, 3.8) is 0 Å². The van der Waals surface area contributed by atoms with Gasteiger partial charge in [-0.25, -0.2) is 0 Å². The molecule has 1 aromatic carbocycles. The Balaban J connectivity index is 1.89. The van der Waals surface area contributed by atoms with E-state index < -0.39 is 0 Å². The highest BCUT2D eigenvalue weighted by Gasteiger charge is 2.31. The second-order valence-corrected chi connectivity index (χ2v) is 5.63. The zero-order valence-electron chi connectivity index (χ0n) is 10.1. The van der Waals surface area contributed by atoms with Crippen LogP contribution in [0.5, 0.6) is 0 Å². The molecule has 0 bridgehead atoms. The topological polar surface area (TPSA) is 38.3 Å². The van der Waals surface area contributed by atoms with E-state index in [4.69, 9.17) is 16.3 Å². The third kappa shape index (κ3) is 3.25. The first-order valence-electron chi connectivity index (χ1n) is 5.97. The van der Waals surface area contributed by atoms with E-state index in [1.165, 1.54) is 0 Å². The van der Waals surface area contributed by atoms with Gasteiger partial charge in [0.05, 0.1) is 11.7 Å². The Labute approximate surface area is 120 Å². The lowest BCUT2D eigenvalue weighted by Crippen LogP contribution is -2.47. The van der Waals surface area contributed by atoms with E-state index in [1.807, 2.05) is 6.92 Å². The monoisotopic (exact) mass is 331 g/mol. The molecule has 0 atom stereocenters. The molecule has 18 heavy (non-hydrogen) atoms. The molecule has 98 valence electrons. The third-order valence-electron chi connectivity index (χ3n) is 3.01. The summed E-state index contributed by atoms with van der Waals surface area (Å²) in [5.41, 5.74) is 0.610. The molecule has 0 unspecified atom stereocenters. The fraction of sp³-hybridized carbons (Fsp3) is 0.462.